The van der Waals surface area contributed by atoms with Crippen molar-refractivity contribution in [3.63, 3.8) is 0 Å². The molecule has 5 aromatic carbocycles. The summed E-state index contributed by atoms with van der Waals surface area (Å²) in [6, 6.07) is 41.8. The zero-order valence-electron chi connectivity index (χ0n) is 41.3. The van der Waals surface area contributed by atoms with E-state index in [1.807, 2.05) is 91.0 Å². The molecular formula is C57H68N8O8. The predicted octanol–water partition coefficient (Wildman–Crippen LogP) is 8.52. The number of aromatic amines is 2. The van der Waals surface area contributed by atoms with Crippen molar-refractivity contribution >= 4 is 63.3 Å². The van der Waals surface area contributed by atoms with Crippen LogP contribution < -0.4 is 27.1 Å². The van der Waals surface area contributed by atoms with E-state index in [1.165, 1.54) is 50.8 Å². The van der Waals surface area contributed by atoms with Crippen LogP contribution in [-0.4, -0.2) is 85.5 Å². The van der Waals surface area contributed by atoms with Crippen molar-refractivity contribution in [1.82, 2.24) is 36.6 Å². The van der Waals surface area contributed by atoms with Gasteiger partial charge in [-0.3, -0.25) is 39.7 Å². The number of para-hydroxylation sites is 3. The quantitative estimate of drug-likeness (QED) is 0.0119. The van der Waals surface area contributed by atoms with Crippen molar-refractivity contribution in [3.8, 4) is 0 Å². The number of aromatic nitrogens is 2. The first-order chi connectivity index (χ1) is 35.6. The molecule has 7 aromatic rings. The van der Waals surface area contributed by atoms with Crippen LogP contribution in [0.25, 0.3) is 34.0 Å². The molecule has 73 heavy (non-hydrogen) atoms. The summed E-state index contributed by atoms with van der Waals surface area (Å²) in [5.41, 5.74) is 15.9. The van der Waals surface area contributed by atoms with E-state index in [9.17, 15) is 24.3 Å². The lowest BCUT2D eigenvalue weighted by atomic mass is 10.1. The number of aliphatic hydroxyl groups is 1. The molecule has 0 bridgehead atoms. The van der Waals surface area contributed by atoms with E-state index in [4.69, 9.17) is 15.6 Å². The van der Waals surface area contributed by atoms with Crippen molar-refractivity contribution < 1.29 is 39.9 Å². The first kappa shape index (κ1) is 56.2. The van der Waals surface area contributed by atoms with Crippen LogP contribution in [0.1, 0.15) is 77.6 Å². The van der Waals surface area contributed by atoms with Gasteiger partial charge < -0.3 is 25.7 Å². The van der Waals surface area contributed by atoms with Gasteiger partial charge in [-0.15, -0.1) is 0 Å². The van der Waals surface area contributed by atoms with Gasteiger partial charge in [0.2, 0.25) is 11.8 Å². The fourth-order valence-electron chi connectivity index (χ4n) is 8.01. The number of unbranched alkanes of at least 4 members (excludes halogenated alkanes) is 3. The highest BCUT2D eigenvalue weighted by atomic mass is 16.5. The first-order valence-corrected chi connectivity index (χ1v) is 24.4. The summed E-state index contributed by atoms with van der Waals surface area (Å²) in [7, 11) is 0. The van der Waals surface area contributed by atoms with Gasteiger partial charge >= 0.3 is 0 Å². The molecule has 0 atom stereocenters. The monoisotopic (exact) mass is 993 g/mol. The Morgan fingerprint density at radius 2 is 1.18 bits per heavy atom. The zero-order valence-corrected chi connectivity index (χ0v) is 41.3. The number of anilines is 1. The van der Waals surface area contributed by atoms with E-state index < -0.39 is 11.8 Å². The van der Waals surface area contributed by atoms with Crippen molar-refractivity contribution in [2.45, 2.75) is 71.4 Å². The highest BCUT2D eigenvalue weighted by Crippen LogP contribution is 2.22. The van der Waals surface area contributed by atoms with E-state index in [0.717, 1.165) is 92.6 Å². The molecule has 0 aliphatic heterocycles. The summed E-state index contributed by atoms with van der Waals surface area (Å²) in [5.74, 6) is -1.44. The van der Waals surface area contributed by atoms with Crippen molar-refractivity contribution in [2.24, 2.45) is 0 Å². The Kier molecular flexibility index (Phi) is 24.3. The van der Waals surface area contributed by atoms with Crippen LogP contribution in [0.4, 0.5) is 5.69 Å². The summed E-state index contributed by atoms with van der Waals surface area (Å²) in [6.45, 7) is 6.14. The molecule has 0 saturated heterocycles. The van der Waals surface area contributed by atoms with Crippen LogP contribution in [0.15, 0.2) is 146 Å². The lowest BCUT2D eigenvalue weighted by Gasteiger charge is -2.21. The van der Waals surface area contributed by atoms with Crippen molar-refractivity contribution in [3.05, 3.63) is 185 Å². The average molecular weight is 993 g/mol. The molecule has 7 rings (SSSR count). The van der Waals surface area contributed by atoms with Gasteiger partial charge in [0, 0.05) is 90.6 Å². The van der Waals surface area contributed by atoms with Crippen LogP contribution in [0, 0.1) is 6.92 Å². The van der Waals surface area contributed by atoms with Crippen LogP contribution in [0.5, 0.6) is 0 Å². The molecule has 384 valence electrons. The maximum absolute atomic E-state index is 11.6. The summed E-state index contributed by atoms with van der Waals surface area (Å²) in [6.07, 6.45) is 13.9. The van der Waals surface area contributed by atoms with Gasteiger partial charge in [0.15, 0.2) is 0 Å². The minimum Gasteiger partial charge on any atom is -0.395 e. The van der Waals surface area contributed by atoms with E-state index in [-0.39, 0.29) is 18.4 Å². The third-order valence-corrected chi connectivity index (χ3v) is 11.9. The average Bonchev–Trinajstić information content (AvgIpc) is 3.99. The molecule has 2 aromatic heterocycles. The molecule has 0 saturated carbocycles. The van der Waals surface area contributed by atoms with Gasteiger partial charge in [0.1, 0.15) is 0 Å². The fourth-order valence-corrected chi connectivity index (χ4v) is 8.01. The Bertz CT molecular complexity index is 2820. The minimum atomic E-state index is -0.560. The second-order valence-electron chi connectivity index (χ2n) is 17.3. The second kappa shape index (κ2) is 31.6. The predicted molar refractivity (Wildman–Crippen MR) is 286 cm³/mol. The normalized spacial score (nSPS) is 11.0. The Morgan fingerprint density at radius 1 is 0.603 bits per heavy atom. The maximum atomic E-state index is 11.6. The lowest BCUT2D eigenvalue weighted by molar-refractivity contribution is -0.129. The van der Waals surface area contributed by atoms with Crippen LogP contribution in [0.2, 0.25) is 0 Å². The third-order valence-electron chi connectivity index (χ3n) is 11.9. The van der Waals surface area contributed by atoms with Gasteiger partial charge in [0.05, 0.1) is 6.61 Å². The van der Waals surface area contributed by atoms with Crippen LogP contribution in [0.3, 0.4) is 0 Å². The maximum Gasteiger partial charge on any atom is 0.267 e. The van der Waals surface area contributed by atoms with Gasteiger partial charge in [0.25, 0.3) is 11.8 Å². The number of carbonyl (C=O) groups is 4. The molecule has 2 heterocycles. The minimum absolute atomic E-state index is 0.0132. The van der Waals surface area contributed by atoms with Crippen molar-refractivity contribution in [2.75, 3.05) is 31.6 Å². The molecule has 0 unspecified atom stereocenters. The Labute approximate surface area is 426 Å². The number of hydroxylamine groups is 3. The Hall–Kier alpha value is -7.70. The van der Waals surface area contributed by atoms with Gasteiger partial charge in [-0.05, 0) is 109 Å². The zero-order chi connectivity index (χ0) is 52.0. The molecule has 16 nitrogen and oxygen atoms in total. The van der Waals surface area contributed by atoms with Crippen molar-refractivity contribution in [1.29, 1.82) is 0 Å². The number of benzene rings is 5. The summed E-state index contributed by atoms with van der Waals surface area (Å²) in [5, 5.41) is 43.5. The molecule has 0 aliphatic carbocycles. The van der Waals surface area contributed by atoms with Crippen LogP contribution in [-0.2, 0) is 45.1 Å². The number of nitrogens with one attached hydrogen (secondary N) is 7. The standard InChI is InChI=1S/C22H25N3O3.C21H23N3O2.C14H20N2O3/c26-14-13-25(12-11-19-15-23-21-4-2-1-3-20(19)21)16-18-7-5-17(6-8-18)9-10-22(27)24-28;1-15-18(19-4-2-3-5-20(19)23-15)12-13-22-14-17-8-6-16(7-9-17)10-11-21(25)24-26;17-13(15-12-8-4-3-5-9-12)10-6-1-2-7-11-14(18)16-19/h1-10,15,23,26,28H,11-14,16H2,(H,24,27);2-11,22-23,26H,12-14H2,1H3,(H,24,25);3-5,8-9,19H,1-2,6-7,10-11H2,(H,15,17)(H,16,18)/b10-9+;11-10+;. The number of H-pyrrole nitrogens is 2. The molecule has 0 aliphatic rings. The van der Waals surface area contributed by atoms with E-state index in [2.05, 4.69) is 75.0 Å². The van der Waals surface area contributed by atoms with E-state index in [0.29, 0.717) is 19.4 Å². The smallest absolute Gasteiger partial charge is 0.267 e. The molecular weight excluding hydrogens is 925 g/mol. The molecule has 0 fully saturated rings. The number of amides is 4. The van der Waals surface area contributed by atoms with Gasteiger partial charge in [-0.1, -0.05) is 116 Å². The Morgan fingerprint density at radius 3 is 1.79 bits per heavy atom. The number of aliphatic hydroxyl groups excluding tert-OH is 1. The van der Waals surface area contributed by atoms with E-state index in [1.54, 1.807) is 28.6 Å². The highest BCUT2D eigenvalue weighted by Gasteiger charge is 2.10. The summed E-state index contributed by atoms with van der Waals surface area (Å²) < 4.78 is 0. The molecule has 0 radical (unpaired) electrons. The number of hydrogen-bond acceptors (Lipinski definition) is 10. The Balaban J connectivity index is 0.000000207. The number of fused-ring (bicyclic) bond motifs is 2. The summed E-state index contributed by atoms with van der Waals surface area (Å²) >= 11 is 0. The number of hydrogen-bond donors (Lipinski definition) is 11. The topological polar surface area (TPSA) is 244 Å². The second-order valence-corrected chi connectivity index (χ2v) is 17.3. The molecule has 11 N–H and O–H groups in total. The molecule has 4 amide bonds. The highest BCUT2D eigenvalue weighted by molar-refractivity contribution is 5.92. The van der Waals surface area contributed by atoms with Crippen LogP contribution >= 0.6 is 0 Å². The fraction of sp³-hybridized carbons (Fsp3) is 0.263. The molecule has 16 heteroatoms. The summed E-state index contributed by atoms with van der Waals surface area (Å²) in [4.78, 5) is 53.3. The number of carbonyl (C=O) groups excluding carboxylic acids is 4. The van der Waals surface area contributed by atoms with Gasteiger partial charge in [-0.2, -0.15) is 0 Å². The lowest BCUT2D eigenvalue weighted by Crippen LogP contribution is -2.28. The van der Waals surface area contributed by atoms with E-state index >= 15 is 0 Å². The van der Waals surface area contributed by atoms with Gasteiger partial charge in [-0.25, -0.2) is 16.4 Å². The largest absolute Gasteiger partial charge is 0.395 e. The number of rotatable bonds is 24. The SMILES string of the molecule is Cc1[nH]c2ccccc2c1CCNCc1ccc(/C=C/C(=O)NO)cc1.O=C(/C=C/c1ccc(CN(CCO)CCc2c[nH]c3ccccc23)cc1)NO.O=C(CCCCCCC(=O)Nc1ccccc1)NO. The third kappa shape index (κ3) is 20.1. The number of nitrogens with zero attached hydrogens (tertiary/aromatic N) is 1. The number of aryl methyl sites for hydroxylation is 1. The molecule has 0 spiro atoms. The first-order valence-electron chi connectivity index (χ1n) is 24.4.